The topological polar surface area (TPSA) is 58.4 Å². The van der Waals surface area contributed by atoms with E-state index in [0.717, 1.165) is 45.6 Å². The van der Waals surface area contributed by atoms with E-state index in [4.69, 9.17) is 4.98 Å². The first-order valence-electron chi connectivity index (χ1n) is 8.30. The summed E-state index contributed by atoms with van der Waals surface area (Å²) in [6.45, 7) is 4.05. The molecule has 0 radical (unpaired) electrons. The van der Waals surface area contributed by atoms with E-state index < -0.39 is 0 Å². The van der Waals surface area contributed by atoms with Gasteiger partial charge in [0.25, 0.3) is 0 Å². The molecule has 0 amide bonds. The van der Waals surface area contributed by atoms with E-state index in [9.17, 15) is 5.11 Å². The Balaban J connectivity index is 2.12. The van der Waals surface area contributed by atoms with Gasteiger partial charge in [-0.2, -0.15) is 0 Å². The molecule has 2 heterocycles. The van der Waals surface area contributed by atoms with Crippen molar-refractivity contribution in [3.8, 4) is 28.0 Å². The average molecular weight is 331 g/mol. The number of hydrogen-bond acceptors (Lipinski definition) is 4. The molecule has 3 rings (SSSR count). The van der Waals surface area contributed by atoms with Crippen LogP contribution in [-0.4, -0.2) is 28.3 Å². The smallest absolute Gasteiger partial charge is 0.124 e. The van der Waals surface area contributed by atoms with Gasteiger partial charge in [-0.1, -0.05) is 13.0 Å². The Kier molecular flexibility index (Phi) is 4.89. The molecule has 0 aliphatic rings. The molecule has 4 nitrogen and oxygen atoms in total. The Labute approximate surface area is 147 Å². The maximum absolute atomic E-state index is 10.6. The quantitative estimate of drug-likeness (QED) is 0.719. The molecule has 4 heteroatoms. The van der Waals surface area contributed by atoms with Crippen LogP contribution in [0.15, 0.2) is 53.8 Å². The molecule has 0 fully saturated rings. The van der Waals surface area contributed by atoms with Crippen molar-refractivity contribution in [2.45, 2.75) is 20.3 Å². The molecule has 0 atom stereocenters. The van der Waals surface area contributed by atoms with Crippen LogP contribution in [0.1, 0.15) is 23.9 Å². The second kappa shape index (κ2) is 7.26. The first kappa shape index (κ1) is 16.8. The van der Waals surface area contributed by atoms with Crippen LogP contribution in [0.4, 0.5) is 0 Å². The lowest BCUT2D eigenvalue weighted by Crippen LogP contribution is -2.00. The van der Waals surface area contributed by atoms with Gasteiger partial charge in [-0.3, -0.25) is 15.0 Å². The van der Waals surface area contributed by atoms with Crippen molar-refractivity contribution in [1.82, 2.24) is 9.97 Å². The third-order valence-corrected chi connectivity index (χ3v) is 4.24. The summed E-state index contributed by atoms with van der Waals surface area (Å²) >= 11 is 0. The van der Waals surface area contributed by atoms with Crippen molar-refractivity contribution >= 4 is 6.21 Å². The molecule has 0 aliphatic heterocycles. The van der Waals surface area contributed by atoms with E-state index in [1.165, 1.54) is 0 Å². The number of hydrogen-bond donors (Lipinski definition) is 1. The molecule has 25 heavy (non-hydrogen) atoms. The number of pyridine rings is 2. The summed E-state index contributed by atoms with van der Waals surface area (Å²) in [5.41, 5.74) is 6.59. The molecular weight excluding hydrogens is 310 g/mol. The summed E-state index contributed by atoms with van der Waals surface area (Å²) < 4.78 is 0. The Morgan fingerprint density at radius 1 is 1.04 bits per heavy atom. The van der Waals surface area contributed by atoms with Crippen molar-refractivity contribution in [3.05, 3.63) is 65.7 Å². The highest BCUT2D eigenvalue weighted by atomic mass is 16.3. The summed E-state index contributed by atoms with van der Waals surface area (Å²) in [5, 5.41) is 10.6. The molecule has 1 aromatic carbocycles. The van der Waals surface area contributed by atoms with Crippen LogP contribution in [0, 0.1) is 6.92 Å². The number of phenolic OH excluding ortho intramolecular Hbond substituents is 1. The number of benzene rings is 1. The number of nitrogens with zero attached hydrogens (tertiary/aromatic N) is 3. The number of aryl methyl sites for hydroxylation is 2. The average Bonchev–Trinajstić information content (AvgIpc) is 2.64. The van der Waals surface area contributed by atoms with Crippen molar-refractivity contribution in [2.24, 2.45) is 4.99 Å². The number of aromatic nitrogens is 2. The van der Waals surface area contributed by atoms with Crippen LogP contribution < -0.4 is 0 Å². The van der Waals surface area contributed by atoms with Gasteiger partial charge in [0.15, 0.2) is 0 Å². The highest BCUT2D eigenvalue weighted by molar-refractivity contribution is 5.86. The van der Waals surface area contributed by atoms with E-state index in [-0.39, 0.29) is 5.75 Å². The van der Waals surface area contributed by atoms with Crippen LogP contribution in [0.5, 0.6) is 5.75 Å². The van der Waals surface area contributed by atoms with Gasteiger partial charge < -0.3 is 5.11 Å². The Morgan fingerprint density at radius 3 is 2.44 bits per heavy atom. The predicted molar refractivity (Wildman–Crippen MR) is 102 cm³/mol. The second-order valence-corrected chi connectivity index (χ2v) is 5.87. The number of aromatic hydroxyl groups is 1. The molecule has 3 aromatic rings. The molecule has 0 spiro atoms. The zero-order chi connectivity index (χ0) is 17.8. The fourth-order valence-corrected chi connectivity index (χ4v) is 2.93. The Morgan fingerprint density at radius 2 is 1.80 bits per heavy atom. The molecule has 0 bridgehead atoms. The fraction of sp³-hybridized carbons (Fsp3) is 0.190. The lowest BCUT2D eigenvalue weighted by atomic mass is 9.96. The van der Waals surface area contributed by atoms with Gasteiger partial charge in [0.05, 0.1) is 0 Å². The third-order valence-electron chi connectivity index (χ3n) is 4.24. The van der Waals surface area contributed by atoms with Crippen LogP contribution in [0.25, 0.3) is 22.3 Å². The minimum atomic E-state index is 0.244. The third kappa shape index (κ3) is 3.43. The summed E-state index contributed by atoms with van der Waals surface area (Å²) in [6.07, 6.45) is 6.09. The van der Waals surface area contributed by atoms with Crippen LogP contribution in [0.3, 0.4) is 0 Å². The van der Waals surface area contributed by atoms with E-state index >= 15 is 0 Å². The molecule has 0 saturated carbocycles. The normalized spacial score (nSPS) is 11.2. The van der Waals surface area contributed by atoms with E-state index in [1.54, 1.807) is 31.7 Å². The maximum atomic E-state index is 10.6. The highest BCUT2D eigenvalue weighted by Gasteiger charge is 2.13. The first-order chi connectivity index (χ1) is 12.1. The van der Waals surface area contributed by atoms with E-state index in [2.05, 4.69) is 23.0 Å². The summed E-state index contributed by atoms with van der Waals surface area (Å²) in [6, 6.07) is 11.7. The lowest BCUT2D eigenvalue weighted by molar-refractivity contribution is 0.477. The Hall–Kier alpha value is -3.01. The largest absolute Gasteiger partial charge is 0.507 e. The predicted octanol–water partition coefficient (Wildman–Crippen LogP) is 4.44. The van der Waals surface area contributed by atoms with Crippen molar-refractivity contribution in [3.63, 3.8) is 0 Å². The van der Waals surface area contributed by atoms with Gasteiger partial charge >= 0.3 is 0 Å². The summed E-state index contributed by atoms with van der Waals surface area (Å²) in [5.74, 6) is 0.244. The first-order valence-corrected chi connectivity index (χ1v) is 8.30. The molecule has 0 aliphatic carbocycles. The van der Waals surface area contributed by atoms with Gasteiger partial charge in [0.2, 0.25) is 0 Å². The molecule has 0 saturated heterocycles. The minimum absolute atomic E-state index is 0.244. The highest BCUT2D eigenvalue weighted by Crippen LogP contribution is 2.35. The molecule has 0 unspecified atom stereocenters. The minimum Gasteiger partial charge on any atom is -0.507 e. The van der Waals surface area contributed by atoms with Gasteiger partial charge in [-0.25, -0.2) is 0 Å². The van der Waals surface area contributed by atoms with Gasteiger partial charge in [-0.05, 0) is 54.8 Å². The van der Waals surface area contributed by atoms with Crippen molar-refractivity contribution in [2.75, 3.05) is 7.05 Å². The van der Waals surface area contributed by atoms with Gasteiger partial charge in [0.1, 0.15) is 5.75 Å². The standard InChI is InChI=1S/C21H21N3O/c1-4-20-19(11-17(13-22-3)14(2)24-20)18-6-5-16(12-21(18)25)15-7-9-23-10-8-15/h5-13,25H,4H2,1-3H3. The SMILES string of the molecule is CCc1nc(C)c(C=NC)cc1-c1ccc(-c2ccncc2)cc1O. The van der Waals surface area contributed by atoms with Crippen molar-refractivity contribution < 1.29 is 5.11 Å². The fourth-order valence-electron chi connectivity index (χ4n) is 2.93. The molecule has 1 N–H and O–H groups in total. The maximum Gasteiger partial charge on any atom is 0.124 e. The number of phenols is 1. The van der Waals surface area contributed by atoms with Gasteiger partial charge in [0, 0.05) is 53.7 Å². The zero-order valence-electron chi connectivity index (χ0n) is 14.7. The van der Waals surface area contributed by atoms with E-state index in [1.807, 2.05) is 31.2 Å². The van der Waals surface area contributed by atoms with Crippen molar-refractivity contribution in [1.29, 1.82) is 0 Å². The second-order valence-electron chi connectivity index (χ2n) is 5.87. The number of rotatable bonds is 4. The van der Waals surface area contributed by atoms with Crippen LogP contribution in [-0.2, 0) is 6.42 Å². The molecular formula is C21H21N3O. The van der Waals surface area contributed by atoms with Gasteiger partial charge in [-0.15, -0.1) is 0 Å². The molecule has 2 aromatic heterocycles. The zero-order valence-corrected chi connectivity index (χ0v) is 14.7. The number of aliphatic imine (C=N–C) groups is 1. The summed E-state index contributed by atoms with van der Waals surface area (Å²) in [7, 11) is 1.74. The molecule has 126 valence electrons. The Bertz CT molecular complexity index is 918. The monoisotopic (exact) mass is 331 g/mol. The lowest BCUT2D eigenvalue weighted by Gasteiger charge is -2.13. The van der Waals surface area contributed by atoms with Crippen LogP contribution in [0.2, 0.25) is 0 Å². The summed E-state index contributed by atoms with van der Waals surface area (Å²) in [4.78, 5) is 12.8. The van der Waals surface area contributed by atoms with E-state index in [0.29, 0.717) is 0 Å². The van der Waals surface area contributed by atoms with Crippen LogP contribution >= 0.6 is 0 Å².